The molecule has 0 unspecified atom stereocenters. The Morgan fingerprint density at radius 2 is 2.23 bits per heavy atom. The molecule has 2 heterocycles. The summed E-state index contributed by atoms with van der Waals surface area (Å²) in [5.41, 5.74) is 2.00. The van der Waals surface area contributed by atoms with Crippen LogP contribution in [0, 0.1) is 0 Å². The second kappa shape index (κ2) is 2.47. The van der Waals surface area contributed by atoms with E-state index in [0.717, 1.165) is 21.8 Å². The minimum atomic E-state index is 0.987. The van der Waals surface area contributed by atoms with Gasteiger partial charge in [-0.05, 0) is 23.7 Å². The van der Waals surface area contributed by atoms with E-state index in [2.05, 4.69) is 14.3 Å². The molecule has 0 spiro atoms. The molecule has 3 nitrogen and oxygen atoms in total. The zero-order valence-electron chi connectivity index (χ0n) is 6.64. The average molecular weight is 187 g/mol. The normalized spacial score (nSPS) is 11.1. The molecule has 0 amide bonds. The van der Waals surface area contributed by atoms with Crippen LogP contribution in [0.4, 0.5) is 0 Å². The van der Waals surface area contributed by atoms with E-state index in [1.165, 1.54) is 11.5 Å². The highest BCUT2D eigenvalue weighted by Gasteiger charge is 2.02. The van der Waals surface area contributed by atoms with E-state index >= 15 is 0 Å². The minimum absolute atomic E-state index is 0.987. The van der Waals surface area contributed by atoms with Gasteiger partial charge in [0.2, 0.25) is 0 Å². The molecule has 3 aromatic rings. The summed E-state index contributed by atoms with van der Waals surface area (Å²) in [5.74, 6) is 0. The Kier molecular flexibility index (Phi) is 1.31. The van der Waals surface area contributed by atoms with Gasteiger partial charge >= 0.3 is 0 Å². The van der Waals surface area contributed by atoms with E-state index in [9.17, 15) is 0 Å². The fourth-order valence-corrected chi connectivity index (χ4v) is 2.06. The van der Waals surface area contributed by atoms with Crippen LogP contribution in [-0.2, 0) is 0 Å². The third kappa shape index (κ3) is 0.922. The number of benzene rings is 1. The van der Waals surface area contributed by atoms with Gasteiger partial charge in [0.25, 0.3) is 0 Å². The lowest BCUT2D eigenvalue weighted by Gasteiger charge is -1.95. The molecule has 13 heavy (non-hydrogen) atoms. The van der Waals surface area contributed by atoms with Crippen molar-refractivity contribution in [1.29, 1.82) is 0 Å². The van der Waals surface area contributed by atoms with Crippen LogP contribution in [0.15, 0.2) is 30.0 Å². The zero-order valence-corrected chi connectivity index (χ0v) is 7.45. The van der Waals surface area contributed by atoms with Gasteiger partial charge in [-0.1, -0.05) is 0 Å². The Morgan fingerprint density at radius 1 is 1.23 bits per heavy atom. The van der Waals surface area contributed by atoms with E-state index in [1.54, 1.807) is 6.33 Å². The van der Waals surface area contributed by atoms with Crippen LogP contribution in [0.2, 0.25) is 0 Å². The number of nitrogens with zero attached hydrogens (tertiary/aromatic N) is 3. The van der Waals surface area contributed by atoms with Crippen LogP contribution in [0.5, 0.6) is 0 Å². The van der Waals surface area contributed by atoms with Crippen molar-refractivity contribution in [3.63, 3.8) is 0 Å². The Bertz CT molecular complexity index is 573. The Labute approximate surface area is 78.2 Å². The van der Waals surface area contributed by atoms with Crippen molar-refractivity contribution in [2.24, 2.45) is 0 Å². The standard InChI is InChI=1S/C9H5N3S/c1-2-8-7(4-13-12-8)9-6(1)3-10-5-11-9/h1-5H. The van der Waals surface area contributed by atoms with Crippen LogP contribution in [0.3, 0.4) is 0 Å². The van der Waals surface area contributed by atoms with E-state index < -0.39 is 0 Å². The van der Waals surface area contributed by atoms with E-state index in [0.29, 0.717) is 0 Å². The number of hydrogen-bond acceptors (Lipinski definition) is 4. The molecule has 1 aromatic carbocycles. The smallest absolute Gasteiger partial charge is 0.116 e. The summed E-state index contributed by atoms with van der Waals surface area (Å²) < 4.78 is 4.25. The van der Waals surface area contributed by atoms with E-state index in [1.807, 2.05) is 23.7 Å². The molecule has 0 atom stereocenters. The molecule has 2 aromatic heterocycles. The highest BCUT2D eigenvalue weighted by atomic mass is 32.1. The van der Waals surface area contributed by atoms with Crippen molar-refractivity contribution in [3.05, 3.63) is 30.0 Å². The molecule has 0 saturated carbocycles. The van der Waals surface area contributed by atoms with Gasteiger partial charge in [0.15, 0.2) is 0 Å². The van der Waals surface area contributed by atoms with Crippen LogP contribution in [0.25, 0.3) is 21.8 Å². The lowest BCUT2D eigenvalue weighted by molar-refractivity contribution is 1.23. The lowest BCUT2D eigenvalue weighted by Crippen LogP contribution is -1.80. The molecule has 0 saturated heterocycles. The maximum Gasteiger partial charge on any atom is 0.116 e. The molecule has 0 fully saturated rings. The second-order valence-corrected chi connectivity index (χ2v) is 3.40. The monoisotopic (exact) mass is 187 g/mol. The first-order chi connectivity index (χ1) is 6.45. The van der Waals surface area contributed by atoms with Crippen LogP contribution in [0.1, 0.15) is 0 Å². The van der Waals surface area contributed by atoms with Crippen molar-refractivity contribution in [2.45, 2.75) is 0 Å². The molecule has 0 aliphatic carbocycles. The summed E-state index contributed by atoms with van der Waals surface area (Å²) in [6.45, 7) is 0. The van der Waals surface area contributed by atoms with Crippen LogP contribution < -0.4 is 0 Å². The molecule has 0 aliphatic heterocycles. The predicted molar refractivity (Wildman–Crippen MR) is 52.7 cm³/mol. The minimum Gasteiger partial charge on any atom is -0.244 e. The third-order valence-electron chi connectivity index (χ3n) is 2.01. The summed E-state index contributed by atoms with van der Waals surface area (Å²) in [6, 6.07) is 3.99. The van der Waals surface area contributed by atoms with Gasteiger partial charge in [-0.25, -0.2) is 9.97 Å². The summed E-state index contributed by atoms with van der Waals surface area (Å²) in [4.78, 5) is 8.21. The fraction of sp³-hybridized carbons (Fsp3) is 0. The molecule has 62 valence electrons. The number of rotatable bonds is 0. The van der Waals surface area contributed by atoms with E-state index in [4.69, 9.17) is 0 Å². The molecule has 4 heteroatoms. The Morgan fingerprint density at radius 3 is 3.23 bits per heavy atom. The largest absolute Gasteiger partial charge is 0.244 e. The van der Waals surface area contributed by atoms with Gasteiger partial charge in [-0.3, -0.25) is 0 Å². The van der Waals surface area contributed by atoms with Gasteiger partial charge in [0.1, 0.15) is 6.33 Å². The fourth-order valence-electron chi connectivity index (χ4n) is 1.40. The Balaban J connectivity index is 2.65. The van der Waals surface area contributed by atoms with Crippen molar-refractivity contribution < 1.29 is 0 Å². The van der Waals surface area contributed by atoms with Gasteiger partial charge in [0, 0.05) is 22.3 Å². The summed E-state index contributed by atoms with van der Waals surface area (Å²) in [7, 11) is 0. The van der Waals surface area contributed by atoms with Crippen LogP contribution >= 0.6 is 11.5 Å². The molecule has 0 N–H and O–H groups in total. The number of aromatic nitrogens is 3. The quantitative estimate of drug-likeness (QED) is 0.541. The average Bonchev–Trinajstić information content (AvgIpc) is 2.65. The Hall–Kier alpha value is -1.55. The maximum absolute atomic E-state index is 4.25. The molecule has 0 radical (unpaired) electrons. The van der Waals surface area contributed by atoms with Gasteiger partial charge in [0.05, 0.1) is 11.0 Å². The molecule has 0 bridgehead atoms. The molecule has 3 rings (SSSR count). The lowest BCUT2D eigenvalue weighted by atomic mass is 10.2. The van der Waals surface area contributed by atoms with Gasteiger partial charge in [-0.15, -0.1) is 0 Å². The highest BCUT2D eigenvalue weighted by Crippen LogP contribution is 2.23. The van der Waals surface area contributed by atoms with Crippen LogP contribution in [-0.4, -0.2) is 14.3 Å². The van der Waals surface area contributed by atoms with Crippen molar-refractivity contribution in [1.82, 2.24) is 14.3 Å². The topological polar surface area (TPSA) is 38.7 Å². The molecular formula is C9H5N3S. The predicted octanol–water partition coefficient (Wildman–Crippen LogP) is 2.24. The van der Waals surface area contributed by atoms with E-state index in [-0.39, 0.29) is 0 Å². The van der Waals surface area contributed by atoms with Crippen molar-refractivity contribution in [2.75, 3.05) is 0 Å². The first-order valence-corrected chi connectivity index (χ1v) is 4.71. The molecular weight excluding hydrogens is 182 g/mol. The highest BCUT2D eigenvalue weighted by molar-refractivity contribution is 7.04. The van der Waals surface area contributed by atoms with Crippen molar-refractivity contribution >= 4 is 33.3 Å². The maximum atomic E-state index is 4.25. The van der Waals surface area contributed by atoms with Crippen molar-refractivity contribution in [3.8, 4) is 0 Å². The summed E-state index contributed by atoms with van der Waals surface area (Å²) in [6.07, 6.45) is 3.39. The number of fused-ring (bicyclic) bond motifs is 3. The first kappa shape index (κ1) is 6.91. The third-order valence-corrected chi connectivity index (χ3v) is 2.66. The first-order valence-electron chi connectivity index (χ1n) is 3.88. The molecule has 0 aliphatic rings. The van der Waals surface area contributed by atoms with Gasteiger partial charge in [-0.2, -0.15) is 4.37 Å². The second-order valence-electron chi connectivity index (χ2n) is 2.77. The SMILES string of the molecule is c1ncc2ccc3nscc3c2n1. The summed E-state index contributed by atoms with van der Waals surface area (Å²) in [5, 5.41) is 4.20. The van der Waals surface area contributed by atoms with Gasteiger partial charge < -0.3 is 0 Å². The zero-order chi connectivity index (χ0) is 8.67. The summed E-state index contributed by atoms with van der Waals surface area (Å²) >= 11 is 1.46. The number of hydrogen-bond donors (Lipinski definition) is 0.